The second-order valence-corrected chi connectivity index (χ2v) is 10.5. The van der Waals surface area contributed by atoms with Gasteiger partial charge in [0.2, 0.25) is 5.91 Å². The predicted molar refractivity (Wildman–Crippen MR) is 117 cm³/mol. The molecule has 31 heavy (non-hydrogen) atoms. The topological polar surface area (TPSA) is 50.8 Å². The van der Waals surface area contributed by atoms with E-state index in [1.54, 1.807) is 6.07 Å². The van der Waals surface area contributed by atoms with Crippen molar-refractivity contribution in [2.24, 2.45) is 22.7 Å². The van der Waals surface area contributed by atoms with E-state index in [4.69, 9.17) is 9.47 Å². The fourth-order valence-electron chi connectivity index (χ4n) is 7.14. The molecule has 170 valence electrons. The van der Waals surface area contributed by atoms with E-state index in [1.807, 2.05) is 19.1 Å². The summed E-state index contributed by atoms with van der Waals surface area (Å²) >= 11 is 0. The Morgan fingerprint density at radius 2 is 2.03 bits per heavy atom. The van der Waals surface area contributed by atoms with Gasteiger partial charge in [0, 0.05) is 32.2 Å². The maximum absolute atomic E-state index is 15.1. The van der Waals surface area contributed by atoms with Crippen LogP contribution in [0.1, 0.15) is 58.1 Å². The zero-order valence-electron chi connectivity index (χ0n) is 19.0. The number of carbonyl (C=O) groups excluding carboxylic acids is 1. The first-order valence-corrected chi connectivity index (χ1v) is 11.9. The highest BCUT2D eigenvalue weighted by atomic mass is 19.1. The van der Waals surface area contributed by atoms with Gasteiger partial charge in [-0.15, -0.1) is 0 Å². The SMILES string of the molecule is CCC(=O)N[C@H]1C(C)(C)[C@@H]2C[C@@H]3[C@@H](c4ccc(N5CCOCC5)c(F)c4)OCCC31C2. The summed E-state index contributed by atoms with van der Waals surface area (Å²) in [5, 5.41) is 3.39. The number of ether oxygens (including phenoxy) is 2. The fourth-order valence-corrected chi connectivity index (χ4v) is 7.14. The maximum atomic E-state index is 15.1. The number of hydrogen-bond acceptors (Lipinski definition) is 4. The van der Waals surface area contributed by atoms with Crippen LogP contribution in [0, 0.1) is 28.5 Å². The summed E-state index contributed by atoms with van der Waals surface area (Å²) in [4.78, 5) is 14.4. The minimum absolute atomic E-state index is 0.0429. The van der Waals surface area contributed by atoms with Gasteiger partial charge < -0.3 is 19.7 Å². The van der Waals surface area contributed by atoms with Crippen LogP contribution in [0.3, 0.4) is 0 Å². The molecule has 0 radical (unpaired) electrons. The number of benzene rings is 1. The van der Waals surface area contributed by atoms with E-state index < -0.39 is 0 Å². The number of carbonyl (C=O) groups is 1. The zero-order chi connectivity index (χ0) is 21.8. The molecular weight excluding hydrogens is 395 g/mol. The Labute approximate surface area is 184 Å². The van der Waals surface area contributed by atoms with E-state index in [9.17, 15) is 4.79 Å². The summed E-state index contributed by atoms with van der Waals surface area (Å²) in [6.07, 6.45) is 3.59. The summed E-state index contributed by atoms with van der Waals surface area (Å²) in [6.45, 7) is 9.91. The van der Waals surface area contributed by atoms with Gasteiger partial charge in [0.25, 0.3) is 0 Å². The van der Waals surface area contributed by atoms with E-state index in [1.165, 1.54) is 0 Å². The van der Waals surface area contributed by atoms with E-state index in [-0.39, 0.29) is 34.7 Å². The van der Waals surface area contributed by atoms with Gasteiger partial charge in [0.05, 0.1) is 25.0 Å². The van der Waals surface area contributed by atoms with Crippen LogP contribution in [-0.4, -0.2) is 44.9 Å². The van der Waals surface area contributed by atoms with Crippen molar-refractivity contribution < 1.29 is 18.7 Å². The maximum Gasteiger partial charge on any atom is 0.219 e. The Kier molecular flexibility index (Phi) is 5.29. The summed E-state index contributed by atoms with van der Waals surface area (Å²) in [5.74, 6) is 0.820. The molecule has 5 rings (SSSR count). The molecule has 1 aromatic carbocycles. The Morgan fingerprint density at radius 3 is 2.74 bits per heavy atom. The molecule has 1 amide bonds. The van der Waals surface area contributed by atoms with Crippen molar-refractivity contribution in [2.75, 3.05) is 37.8 Å². The number of hydrogen-bond donors (Lipinski definition) is 1. The standard InChI is InChI=1S/C25H35FN2O3/c1-4-21(29)27-23-24(2,3)17-14-18-22(31-10-7-25(18,23)15-17)16-5-6-20(19(26)13-16)28-8-11-30-12-9-28/h5-6,13,17-18,22-23H,4,7-12,14-15H2,1-3H3,(H,27,29)/t17-,18-,22-,23+,25?/m1/s1. The Balaban J connectivity index is 1.43. The fraction of sp³-hybridized carbons (Fsp3) is 0.720. The summed E-state index contributed by atoms with van der Waals surface area (Å²) in [5.41, 5.74) is 1.71. The quantitative estimate of drug-likeness (QED) is 0.782. The zero-order valence-corrected chi connectivity index (χ0v) is 19.0. The van der Waals surface area contributed by atoms with Gasteiger partial charge in [-0.2, -0.15) is 0 Å². The Hall–Kier alpha value is -1.66. The summed E-state index contributed by atoms with van der Waals surface area (Å²) < 4.78 is 26.8. The van der Waals surface area contributed by atoms with Crippen molar-refractivity contribution >= 4 is 11.6 Å². The van der Waals surface area contributed by atoms with E-state index in [2.05, 4.69) is 24.1 Å². The Bertz CT molecular complexity index is 853. The lowest BCUT2D eigenvalue weighted by molar-refractivity contribution is -0.137. The van der Waals surface area contributed by atoms with Crippen molar-refractivity contribution in [3.05, 3.63) is 29.6 Å². The third kappa shape index (κ3) is 3.29. The first kappa shape index (κ1) is 21.2. The Morgan fingerprint density at radius 1 is 1.26 bits per heavy atom. The molecular formula is C25H35FN2O3. The van der Waals surface area contributed by atoms with Gasteiger partial charge in [0.15, 0.2) is 0 Å². The molecule has 4 aliphatic rings. The highest BCUT2D eigenvalue weighted by Crippen LogP contribution is 2.70. The van der Waals surface area contributed by atoms with Gasteiger partial charge in [0.1, 0.15) is 5.82 Å². The predicted octanol–water partition coefficient (Wildman–Crippen LogP) is 4.07. The number of halogens is 1. The molecule has 2 bridgehead atoms. The number of amides is 1. The second-order valence-electron chi connectivity index (χ2n) is 10.5. The molecule has 1 unspecified atom stereocenters. The van der Waals surface area contributed by atoms with E-state index in [0.29, 0.717) is 43.8 Å². The van der Waals surface area contributed by atoms with Crippen LogP contribution in [0.2, 0.25) is 0 Å². The average Bonchev–Trinajstić information content (AvgIpc) is 3.26. The molecule has 6 heteroatoms. The summed E-state index contributed by atoms with van der Waals surface area (Å²) in [7, 11) is 0. The highest BCUT2D eigenvalue weighted by Gasteiger charge is 2.68. The van der Waals surface area contributed by atoms with Crippen molar-refractivity contribution in [1.29, 1.82) is 0 Å². The number of nitrogens with one attached hydrogen (secondary N) is 1. The molecule has 5 atom stereocenters. The van der Waals surface area contributed by atoms with Gasteiger partial charge >= 0.3 is 0 Å². The average molecular weight is 431 g/mol. The lowest BCUT2D eigenvalue weighted by Gasteiger charge is -2.53. The van der Waals surface area contributed by atoms with Crippen LogP contribution in [-0.2, 0) is 14.3 Å². The van der Waals surface area contributed by atoms with Crippen LogP contribution in [0.25, 0.3) is 0 Å². The molecule has 5 nitrogen and oxygen atoms in total. The molecule has 2 heterocycles. The highest BCUT2D eigenvalue weighted by molar-refractivity contribution is 5.76. The van der Waals surface area contributed by atoms with Crippen LogP contribution in [0.5, 0.6) is 0 Å². The van der Waals surface area contributed by atoms with Gasteiger partial charge in [-0.3, -0.25) is 4.79 Å². The molecule has 2 aliphatic heterocycles. The third-order valence-electron chi connectivity index (χ3n) is 8.78. The number of rotatable bonds is 4. The molecule has 0 aromatic heterocycles. The van der Waals surface area contributed by atoms with Gasteiger partial charge in [-0.05, 0) is 59.6 Å². The molecule has 1 spiro atoms. The molecule has 1 N–H and O–H groups in total. The smallest absolute Gasteiger partial charge is 0.219 e. The number of morpholine rings is 1. The van der Waals surface area contributed by atoms with Crippen molar-refractivity contribution in [3.63, 3.8) is 0 Å². The van der Waals surface area contributed by atoms with E-state index >= 15 is 4.39 Å². The molecule has 4 fully saturated rings. The van der Waals surface area contributed by atoms with Gasteiger partial charge in [-0.25, -0.2) is 4.39 Å². The van der Waals surface area contributed by atoms with Crippen LogP contribution in [0.4, 0.5) is 10.1 Å². The van der Waals surface area contributed by atoms with Crippen LogP contribution < -0.4 is 10.2 Å². The largest absolute Gasteiger partial charge is 0.378 e. The first-order chi connectivity index (χ1) is 14.9. The van der Waals surface area contributed by atoms with Crippen LogP contribution in [0.15, 0.2) is 18.2 Å². The van der Waals surface area contributed by atoms with Crippen molar-refractivity contribution in [3.8, 4) is 0 Å². The van der Waals surface area contributed by atoms with Gasteiger partial charge in [-0.1, -0.05) is 26.8 Å². The second kappa shape index (κ2) is 7.73. The minimum Gasteiger partial charge on any atom is -0.378 e. The number of fused-ring (bicyclic) bond motifs is 1. The molecule has 2 saturated carbocycles. The molecule has 2 saturated heterocycles. The van der Waals surface area contributed by atoms with Crippen LogP contribution >= 0.6 is 0 Å². The molecule has 1 aromatic rings. The van der Waals surface area contributed by atoms with E-state index in [0.717, 1.165) is 37.9 Å². The minimum atomic E-state index is -0.179. The van der Waals surface area contributed by atoms with Crippen molar-refractivity contribution in [1.82, 2.24) is 5.32 Å². The third-order valence-corrected chi connectivity index (χ3v) is 8.78. The lowest BCUT2D eigenvalue weighted by atomic mass is 9.59. The van der Waals surface area contributed by atoms with Crippen molar-refractivity contribution in [2.45, 2.75) is 58.6 Å². The molecule has 2 aliphatic carbocycles. The normalized spacial score (nSPS) is 36.3. The lowest BCUT2D eigenvalue weighted by Crippen LogP contribution is -2.58. The first-order valence-electron chi connectivity index (χ1n) is 11.9. The number of nitrogens with zero attached hydrogens (tertiary/aromatic N) is 1. The summed E-state index contributed by atoms with van der Waals surface area (Å²) in [6, 6.07) is 5.80. The number of anilines is 1. The monoisotopic (exact) mass is 430 g/mol.